The van der Waals surface area contributed by atoms with E-state index < -0.39 is 0 Å². The van der Waals surface area contributed by atoms with Crippen LogP contribution in [0.2, 0.25) is 0 Å². The van der Waals surface area contributed by atoms with E-state index in [4.69, 9.17) is 0 Å². The van der Waals surface area contributed by atoms with Crippen LogP contribution in [0.3, 0.4) is 0 Å². The molecule has 2 unspecified atom stereocenters. The molecule has 0 aliphatic heterocycles. The molecule has 1 N–H and O–H groups in total. The van der Waals surface area contributed by atoms with E-state index in [1.165, 1.54) is 24.9 Å². The molecule has 1 nitrogen and oxygen atoms in total. The van der Waals surface area contributed by atoms with Gasteiger partial charge in [0, 0.05) is 0 Å². The first-order valence-electron chi connectivity index (χ1n) is 6.09. The Morgan fingerprint density at radius 2 is 2.00 bits per heavy atom. The van der Waals surface area contributed by atoms with Crippen molar-refractivity contribution < 1.29 is 0 Å². The lowest BCUT2D eigenvalue weighted by atomic mass is 9.90. The van der Waals surface area contributed by atoms with E-state index in [2.05, 4.69) is 49.5 Å². The zero-order valence-corrected chi connectivity index (χ0v) is 9.79. The lowest BCUT2D eigenvalue weighted by molar-refractivity contribution is 0.547. The van der Waals surface area contributed by atoms with Crippen molar-refractivity contribution in [1.82, 2.24) is 5.32 Å². The first-order valence-corrected chi connectivity index (χ1v) is 6.09. The van der Waals surface area contributed by atoms with Gasteiger partial charge in [-0.25, -0.2) is 0 Å². The van der Waals surface area contributed by atoms with Crippen LogP contribution in [0.5, 0.6) is 0 Å². The lowest BCUT2D eigenvalue weighted by Gasteiger charge is -2.15. The molecule has 1 aliphatic rings. The summed E-state index contributed by atoms with van der Waals surface area (Å²) in [5.41, 5.74) is 2.03. The zero-order chi connectivity index (χ0) is 10.7. The van der Waals surface area contributed by atoms with Crippen molar-refractivity contribution >= 4 is 0 Å². The lowest BCUT2D eigenvalue weighted by Crippen LogP contribution is -2.20. The van der Waals surface area contributed by atoms with E-state index in [1.54, 1.807) is 0 Å². The normalized spacial score (nSPS) is 29.1. The first-order chi connectivity index (χ1) is 7.33. The zero-order valence-electron chi connectivity index (χ0n) is 9.79. The molecule has 1 aromatic carbocycles. The molecule has 1 heteroatoms. The van der Waals surface area contributed by atoms with Crippen LogP contribution in [0.15, 0.2) is 30.3 Å². The topological polar surface area (TPSA) is 12.0 Å². The summed E-state index contributed by atoms with van der Waals surface area (Å²) in [6.45, 7) is 6.77. The third kappa shape index (κ3) is 1.93. The van der Waals surface area contributed by atoms with Crippen molar-refractivity contribution in [3.63, 3.8) is 0 Å². The van der Waals surface area contributed by atoms with E-state index in [-0.39, 0.29) is 0 Å². The summed E-state index contributed by atoms with van der Waals surface area (Å²) in [5, 5.41) is 3.47. The van der Waals surface area contributed by atoms with Crippen molar-refractivity contribution in [1.29, 1.82) is 0 Å². The van der Waals surface area contributed by atoms with E-state index in [9.17, 15) is 0 Å². The Morgan fingerprint density at radius 3 is 2.60 bits per heavy atom. The second kappa shape index (κ2) is 4.36. The second-order valence-electron chi connectivity index (χ2n) is 4.58. The van der Waals surface area contributed by atoms with Gasteiger partial charge in [-0.3, -0.25) is 0 Å². The molecule has 0 heterocycles. The first kappa shape index (κ1) is 10.7. The highest BCUT2D eigenvalue weighted by atomic mass is 14.9. The number of rotatable bonds is 5. The molecule has 1 saturated carbocycles. The summed E-state index contributed by atoms with van der Waals surface area (Å²) < 4.78 is 0. The van der Waals surface area contributed by atoms with Crippen molar-refractivity contribution in [2.24, 2.45) is 5.92 Å². The van der Waals surface area contributed by atoms with Crippen LogP contribution in [0.1, 0.15) is 32.3 Å². The fraction of sp³-hybridized carbons (Fsp3) is 0.571. The van der Waals surface area contributed by atoms with Gasteiger partial charge in [0.25, 0.3) is 0 Å². The van der Waals surface area contributed by atoms with Gasteiger partial charge in [0.2, 0.25) is 0 Å². The quantitative estimate of drug-likeness (QED) is 0.776. The molecule has 82 valence electrons. The Morgan fingerprint density at radius 1 is 1.27 bits per heavy atom. The summed E-state index contributed by atoms with van der Waals surface area (Å²) in [7, 11) is 0. The van der Waals surface area contributed by atoms with E-state index >= 15 is 0 Å². The molecule has 0 spiro atoms. The Balaban J connectivity index is 2.07. The van der Waals surface area contributed by atoms with Gasteiger partial charge in [-0.05, 0) is 42.8 Å². The Labute approximate surface area is 92.9 Å². The van der Waals surface area contributed by atoms with Gasteiger partial charge in [-0.2, -0.15) is 0 Å². The number of hydrogen-bond donors (Lipinski definition) is 1. The third-order valence-corrected chi connectivity index (χ3v) is 3.85. The number of nitrogens with one attached hydrogen (secondary N) is 1. The van der Waals surface area contributed by atoms with Crippen molar-refractivity contribution in [2.45, 2.75) is 32.1 Å². The van der Waals surface area contributed by atoms with Crippen LogP contribution >= 0.6 is 0 Å². The van der Waals surface area contributed by atoms with Gasteiger partial charge >= 0.3 is 0 Å². The minimum absolute atomic E-state index is 0.490. The monoisotopic (exact) mass is 203 g/mol. The van der Waals surface area contributed by atoms with Crippen LogP contribution in [-0.2, 0) is 5.41 Å². The number of benzene rings is 1. The maximum atomic E-state index is 3.47. The molecule has 0 radical (unpaired) electrons. The smallest absolute Gasteiger partial charge is 0.000554 e. The molecule has 0 bridgehead atoms. The van der Waals surface area contributed by atoms with Gasteiger partial charge in [0.05, 0.1) is 0 Å². The summed E-state index contributed by atoms with van der Waals surface area (Å²) in [5.74, 6) is 0.852. The van der Waals surface area contributed by atoms with Crippen molar-refractivity contribution in [2.75, 3.05) is 13.1 Å². The molecule has 0 saturated heterocycles. The van der Waals surface area contributed by atoms with E-state index in [0.717, 1.165) is 12.5 Å². The Bertz CT molecular complexity index is 306. The van der Waals surface area contributed by atoms with Gasteiger partial charge in [0.1, 0.15) is 0 Å². The largest absolute Gasteiger partial charge is 0.317 e. The molecule has 1 aromatic rings. The predicted molar refractivity (Wildman–Crippen MR) is 65.1 cm³/mol. The molecule has 1 fully saturated rings. The van der Waals surface area contributed by atoms with Gasteiger partial charge < -0.3 is 5.32 Å². The molecule has 0 aromatic heterocycles. The molecule has 2 atom stereocenters. The summed E-state index contributed by atoms with van der Waals surface area (Å²) in [4.78, 5) is 0. The predicted octanol–water partition coefficient (Wildman–Crippen LogP) is 2.96. The van der Waals surface area contributed by atoms with E-state index in [1.807, 2.05) is 0 Å². The highest BCUT2D eigenvalue weighted by Crippen LogP contribution is 2.56. The Hall–Kier alpha value is -0.820. The molecular formula is C14H21N. The highest BCUT2D eigenvalue weighted by Gasteiger charge is 2.52. The fourth-order valence-corrected chi connectivity index (χ4v) is 2.73. The van der Waals surface area contributed by atoms with Crippen LogP contribution in [0.4, 0.5) is 0 Å². The molecule has 1 aliphatic carbocycles. The molecule has 2 rings (SSSR count). The summed E-state index contributed by atoms with van der Waals surface area (Å²) in [6, 6.07) is 11.0. The minimum atomic E-state index is 0.490. The van der Waals surface area contributed by atoms with Gasteiger partial charge in [-0.1, -0.05) is 44.2 Å². The fourth-order valence-electron chi connectivity index (χ4n) is 2.73. The highest BCUT2D eigenvalue weighted by molar-refractivity contribution is 5.33. The third-order valence-electron chi connectivity index (χ3n) is 3.85. The molecule has 0 amide bonds. The van der Waals surface area contributed by atoms with Crippen LogP contribution < -0.4 is 5.32 Å². The summed E-state index contributed by atoms with van der Waals surface area (Å²) >= 11 is 0. The minimum Gasteiger partial charge on any atom is -0.317 e. The molecule has 15 heavy (non-hydrogen) atoms. The van der Waals surface area contributed by atoms with Crippen LogP contribution in [0.25, 0.3) is 0 Å². The van der Waals surface area contributed by atoms with Crippen molar-refractivity contribution in [3.05, 3.63) is 35.9 Å². The number of hydrogen-bond acceptors (Lipinski definition) is 1. The maximum Gasteiger partial charge on any atom is -0.000554 e. The van der Waals surface area contributed by atoms with E-state index in [0.29, 0.717) is 5.41 Å². The maximum absolute atomic E-state index is 3.47. The molecular weight excluding hydrogens is 182 g/mol. The van der Waals surface area contributed by atoms with Crippen LogP contribution in [0, 0.1) is 5.92 Å². The average Bonchev–Trinajstić information content (AvgIpc) is 3.03. The standard InChI is InChI=1S/C14H21N/c1-3-14(10-13(14)11-15-4-2)12-8-6-5-7-9-12/h5-9,13,15H,3-4,10-11H2,1-2H3. The van der Waals surface area contributed by atoms with Gasteiger partial charge in [-0.15, -0.1) is 0 Å². The average molecular weight is 203 g/mol. The Kier molecular flexibility index (Phi) is 3.11. The summed E-state index contributed by atoms with van der Waals surface area (Å²) in [6.07, 6.45) is 2.63. The van der Waals surface area contributed by atoms with Gasteiger partial charge in [0.15, 0.2) is 0 Å². The SMILES string of the molecule is CCNCC1CC1(CC)c1ccccc1. The second-order valence-corrected chi connectivity index (χ2v) is 4.58. The van der Waals surface area contributed by atoms with Crippen LogP contribution in [-0.4, -0.2) is 13.1 Å². The van der Waals surface area contributed by atoms with Crippen molar-refractivity contribution in [3.8, 4) is 0 Å².